The van der Waals surface area contributed by atoms with Gasteiger partial charge in [0.1, 0.15) is 10.8 Å². The lowest BCUT2D eigenvalue weighted by molar-refractivity contribution is 0.0358. The Morgan fingerprint density at radius 1 is 1.62 bits per heavy atom. The van der Waals surface area contributed by atoms with E-state index in [9.17, 15) is 5.11 Å². The molecule has 0 spiro atoms. The fraction of sp³-hybridized carbons (Fsp3) is 0.700. The number of hydrogen-bond donors (Lipinski definition) is 3. The molecule has 0 aliphatic carbocycles. The molecule has 0 aliphatic rings. The molecule has 92 valence electrons. The highest BCUT2D eigenvalue weighted by atomic mass is 32.1. The van der Waals surface area contributed by atoms with Gasteiger partial charge in [-0.1, -0.05) is 0 Å². The molecule has 0 amide bonds. The molecule has 16 heavy (non-hydrogen) atoms. The molecule has 1 unspecified atom stereocenters. The van der Waals surface area contributed by atoms with Crippen LogP contribution in [-0.4, -0.2) is 35.3 Å². The first-order valence-corrected chi connectivity index (χ1v) is 5.90. The van der Waals surface area contributed by atoms with Crippen molar-refractivity contribution in [1.29, 1.82) is 0 Å². The second kappa shape index (κ2) is 5.47. The SMILES string of the molecule is COCCC(C)(O)CNc1snc(N)c1C. The first-order chi connectivity index (χ1) is 7.46. The Kier molecular flexibility index (Phi) is 4.52. The Bertz CT molecular complexity index is 339. The summed E-state index contributed by atoms with van der Waals surface area (Å²) in [5, 5.41) is 14.1. The Labute approximate surface area is 99.8 Å². The Balaban J connectivity index is 2.47. The summed E-state index contributed by atoms with van der Waals surface area (Å²) in [6, 6.07) is 0. The minimum Gasteiger partial charge on any atom is -0.388 e. The van der Waals surface area contributed by atoms with Crippen molar-refractivity contribution in [2.24, 2.45) is 0 Å². The molecule has 0 aliphatic heterocycles. The molecule has 0 aromatic carbocycles. The minimum absolute atomic E-state index is 0.457. The monoisotopic (exact) mass is 245 g/mol. The number of nitrogens with zero attached hydrogens (tertiary/aromatic N) is 1. The fourth-order valence-electron chi connectivity index (χ4n) is 1.19. The van der Waals surface area contributed by atoms with Crippen LogP contribution in [0.3, 0.4) is 0 Å². The average molecular weight is 245 g/mol. The molecule has 4 N–H and O–H groups in total. The zero-order valence-corrected chi connectivity index (χ0v) is 10.7. The van der Waals surface area contributed by atoms with Crippen molar-refractivity contribution >= 4 is 22.4 Å². The van der Waals surface area contributed by atoms with E-state index in [1.165, 1.54) is 11.5 Å². The molecule has 1 rings (SSSR count). The zero-order valence-electron chi connectivity index (χ0n) is 9.91. The lowest BCUT2D eigenvalue weighted by Gasteiger charge is -2.23. The molecule has 1 atom stereocenters. The zero-order chi connectivity index (χ0) is 12.2. The number of anilines is 2. The molecule has 1 heterocycles. The van der Waals surface area contributed by atoms with Gasteiger partial charge in [-0.2, -0.15) is 4.37 Å². The smallest absolute Gasteiger partial charge is 0.142 e. The first-order valence-electron chi connectivity index (χ1n) is 5.13. The molecule has 0 saturated carbocycles. The number of hydrogen-bond acceptors (Lipinski definition) is 6. The number of aliphatic hydroxyl groups is 1. The van der Waals surface area contributed by atoms with Gasteiger partial charge in [-0.15, -0.1) is 0 Å². The van der Waals surface area contributed by atoms with Gasteiger partial charge in [-0.05, 0) is 25.4 Å². The Morgan fingerprint density at radius 2 is 2.31 bits per heavy atom. The van der Waals surface area contributed by atoms with Gasteiger partial charge < -0.3 is 20.9 Å². The topological polar surface area (TPSA) is 80.4 Å². The van der Waals surface area contributed by atoms with Gasteiger partial charge in [-0.3, -0.25) is 0 Å². The van der Waals surface area contributed by atoms with Crippen LogP contribution in [0.15, 0.2) is 0 Å². The van der Waals surface area contributed by atoms with Gasteiger partial charge in [-0.25, -0.2) is 0 Å². The summed E-state index contributed by atoms with van der Waals surface area (Å²) in [7, 11) is 1.62. The van der Waals surface area contributed by atoms with Crippen LogP contribution in [-0.2, 0) is 4.74 Å². The van der Waals surface area contributed by atoms with Gasteiger partial charge in [0.05, 0.1) is 5.60 Å². The average Bonchev–Trinajstić information content (AvgIpc) is 2.55. The number of nitrogens with one attached hydrogen (secondary N) is 1. The summed E-state index contributed by atoms with van der Waals surface area (Å²) < 4.78 is 8.97. The largest absolute Gasteiger partial charge is 0.388 e. The highest BCUT2D eigenvalue weighted by Crippen LogP contribution is 2.26. The summed E-state index contributed by atoms with van der Waals surface area (Å²) in [6.07, 6.45) is 0.587. The lowest BCUT2D eigenvalue weighted by atomic mass is 10.0. The number of nitrogen functional groups attached to an aromatic ring is 1. The fourth-order valence-corrected chi connectivity index (χ4v) is 1.90. The van der Waals surface area contributed by atoms with E-state index in [1.807, 2.05) is 6.92 Å². The summed E-state index contributed by atoms with van der Waals surface area (Å²) >= 11 is 1.31. The molecule has 0 fully saturated rings. The van der Waals surface area contributed by atoms with Crippen LogP contribution in [0.4, 0.5) is 10.8 Å². The van der Waals surface area contributed by atoms with Crippen molar-refractivity contribution in [3.05, 3.63) is 5.56 Å². The maximum Gasteiger partial charge on any atom is 0.142 e. The van der Waals surface area contributed by atoms with Gasteiger partial charge in [0.15, 0.2) is 0 Å². The number of aromatic nitrogens is 1. The second-order valence-corrected chi connectivity index (χ2v) is 4.89. The van der Waals surface area contributed by atoms with E-state index in [1.54, 1.807) is 14.0 Å². The van der Waals surface area contributed by atoms with Crippen molar-refractivity contribution in [2.75, 3.05) is 31.3 Å². The van der Waals surface area contributed by atoms with E-state index >= 15 is 0 Å². The van der Waals surface area contributed by atoms with E-state index < -0.39 is 5.60 Å². The maximum absolute atomic E-state index is 10.0. The molecule has 6 heteroatoms. The minimum atomic E-state index is -0.790. The van der Waals surface area contributed by atoms with Gasteiger partial charge >= 0.3 is 0 Å². The molecule has 5 nitrogen and oxygen atoms in total. The lowest BCUT2D eigenvalue weighted by Crippen LogP contribution is -2.34. The third-order valence-corrected chi connectivity index (χ3v) is 3.36. The van der Waals surface area contributed by atoms with E-state index in [0.717, 1.165) is 10.6 Å². The van der Waals surface area contributed by atoms with E-state index in [4.69, 9.17) is 10.5 Å². The predicted molar refractivity (Wildman–Crippen MR) is 66.9 cm³/mol. The highest BCUT2D eigenvalue weighted by molar-refractivity contribution is 7.10. The predicted octanol–water partition coefficient (Wildman–Crippen LogP) is 1.23. The van der Waals surface area contributed by atoms with Crippen molar-refractivity contribution in [3.8, 4) is 0 Å². The summed E-state index contributed by atoms with van der Waals surface area (Å²) in [4.78, 5) is 0. The molecule has 1 aromatic rings. The van der Waals surface area contributed by atoms with Crippen LogP contribution in [0.1, 0.15) is 18.9 Å². The molecule has 0 radical (unpaired) electrons. The molecular weight excluding hydrogens is 226 g/mol. The third kappa shape index (κ3) is 3.62. The van der Waals surface area contributed by atoms with E-state index in [2.05, 4.69) is 9.69 Å². The second-order valence-electron chi connectivity index (χ2n) is 4.12. The summed E-state index contributed by atoms with van der Waals surface area (Å²) in [5.74, 6) is 0.545. The highest BCUT2D eigenvalue weighted by Gasteiger charge is 2.20. The maximum atomic E-state index is 10.0. The van der Waals surface area contributed by atoms with E-state index in [0.29, 0.717) is 25.4 Å². The summed E-state index contributed by atoms with van der Waals surface area (Å²) in [5.41, 5.74) is 5.78. The molecule has 0 bridgehead atoms. The van der Waals surface area contributed by atoms with Crippen molar-refractivity contribution in [1.82, 2.24) is 4.37 Å². The number of rotatable bonds is 6. The van der Waals surface area contributed by atoms with Crippen molar-refractivity contribution in [3.63, 3.8) is 0 Å². The van der Waals surface area contributed by atoms with Crippen molar-refractivity contribution in [2.45, 2.75) is 25.9 Å². The number of nitrogens with two attached hydrogens (primary N) is 1. The van der Waals surface area contributed by atoms with Crippen LogP contribution in [0.2, 0.25) is 0 Å². The third-order valence-electron chi connectivity index (χ3n) is 2.43. The number of methoxy groups -OCH3 is 1. The van der Waals surface area contributed by atoms with Gasteiger partial charge in [0.2, 0.25) is 0 Å². The molecular formula is C10H19N3O2S. The Morgan fingerprint density at radius 3 is 2.81 bits per heavy atom. The van der Waals surface area contributed by atoms with Gasteiger partial charge in [0, 0.05) is 32.2 Å². The van der Waals surface area contributed by atoms with Crippen LogP contribution in [0.5, 0.6) is 0 Å². The standard InChI is InChI=1S/C10H19N3O2S/c1-7-8(11)13-16-9(7)12-6-10(2,14)4-5-15-3/h12,14H,4-6H2,1-3H3,(H2,11,13). The van der Waals surface area contributed by atoms with Crippen LogP contribution in [0, 0.1) is 6.92 Å². The van der Waals surface area contributed by atoms with Crippen molar-refractivity contribution < 1.29 is 9.84 Å². The van der Waals surface area contributed by atoms with Crippen LogP contribution >= 0.6 is 11.5 Å². The normalized spacial score (nSPS) is 14.8. The van der Waals surface area contributed by atoms with Crippen LogP contribution < -0.4 is 11.1 Å². The molecule has 0 saturated heterocycles. The van der Waals surface area contributed by atoms with Crippen LogP contribution in [0.25, 0.3) is 0 Å². The first kappa shape index (κ1) is 13.2. The summed E-state index contributed by atoms with van der Waals surface area (Å²) in [6.45, 7) is 4.68. The Hall–Kier alpha value is -0.850. The van der Waals surface area contributed by atoms with E-state index in [-0.39, 0.29) is 0 Å². The van der Waals surface area contributed by atoms with Gasteiger partial charge in [0.25, 0.3) is 0 Å². The molecule has 1 aromatic heterocycles. The quantitative estimate of drug-likeness (QED) is 0.702. The number of ether oxygens (including phenoxy) is 1.